The summed E-state index contributed by atoms with van der Waals surface area (Å²) in [5.74, 6) is 3.87. The van der Waals surface area contributed by atoms with Crippen LogP contribution in [-0.4, -0.2) is 18.0 Å². The van der Waals surface area contributed by atoms with Gasteiger partial charge in [0.1, 0.15) is 34.2 Å². The SMILES string of the molecule is CC(C)C(C)n1c2ccccc2c2c3c4c(cc21)N(c1ccccc1)c1cc2c(cc1B4c1ccccc1O3)B1c3ccccc3Oc3c1c(cc1oc4ccccc4c31)N2c1c(-c2ccccc2)cccc1-c1ccccc1. The number of para-hydroxylation sites is 6. The minimum atomic E-state index is -0.215. The summed E-state index contributed by atoms with van der Waals surface area (Å²) in [6.07, 6.45) is 0. The van der Waals surface area contributed by atoms with Crippen LogP contribution < -0.4 is 52.1 Å². The molecule has 0 aliphatic carbocycles. The van der Waals surface area contributed by atoms with Gasteiger partial charge in [-0.2, -0.15) is 0 Å². The van der Waals surface area contributed by atoms with Crippen molar-refractivity contribution in [1.82, 2.24) is 4.57 Å². The van der Waals surface area contributed by atoms with Crippen LogP contribution in [0.2, 0.25) is 0 Å². The molecule has 1 unspecified atom stereocenters. The summed E-state index contributed by atoms with van der Waals surface area (Å²) in [6, 6.07) is 84.3. The summed E-state index contributed by atoms with van der Waals surface area (Å²) in [7, 11) is 0. The van der Waals surface area contributed by atoms with Crippen molar-refractivity contribution in [1.29, 1.82) is 0 Å². The Morgan fingerprint density at radius 3 is 1.57 bits per heavy atom. The van der Waals surface area contributed by atoms with Gasteiger partial charge in [-0.1, -0.05) is 190 Å². The first-order valence-corrected chi connectivity index (χ1v) is 27.7. The minimum absolute atomic E-state index is 0.176. The number of aromatic nitrogens is 1. The molecule has 0 amide bonds. The van der Waals surface area contributed by atoms with Crippen LogP contribution in [0.3, 0.4) is 0 Å². The third-order valence-corrected chi connectivity index (χ3v) is 17.6. The fourth-order valence-electron chi connectivity index (χ4n) is 14.0. The summed E-state index contributed by atoms with van der Waals surface area (Å²) >= 11 is 0. The van der Waals surface area contributed by atoms with Crippen LogP contribution >= 0.6 is 0 Å². The fraction of sp³-hybridized carbons (Fsp3) is 0.0704. The van der Waals surface area contributed by atoms with Crippen molar-refractivity contribution in [2.24, 2.45) is 5.92 Å². The Labute approximate surface area is 458 Å². The predicted molar refractivity (Wildman–Crippen MR) is 329 cm³/mol. The lowest BCUT2D eigenvalue weighted by molar-refractivity contribution is 0.427. The molecule has 1 atom stereocenters. The lowest BCUT2D eigenvalue weighted by atomic mass is 9.30. The topological polar surface area (TPSA) is 43.0 Å². The zero-order chi connectivity index (χ0) is 52.2. The van der Waals surface area contributed by atoms with Gasteiger partial charge < -0.3 is 28.3 Å². The smallest absolute Gasteiger partial charge is 0.256 e. The molecule has 13 aromatic rings. The van der Waals surface area contributed by atoms with Crippen molar-refractivity contribution in [2.75, 3.05) is 9.80 Å². The Balaban J connectivity index is 1.06. The van der Waals surface area contributed by atoms with Crippen molar-refractivity contribution in [3.05, 3.63) is 231 Å². The average molecular weight is 1010 g/mol. The molecule has 372 valence electrons. The highest BCUT2D eigenvalue weighted by Gasteiger charge is 2.49. The van der Waals surface area contributed by atoms with Gasteiger partial charge in [-0.15, -0.1) is 0 Å². The Bertz CT molecular complexity index is 4650. The summed E-state index contributed by atoms with van der Waals surface area (Å²) in [4.78, 5) is 5.09. The molecular formula is C71H49B2N3O3. The average Bonchev–Trinajstić information content (AvgIpc) is 3.77. The van der Waals surface area contributed by atoms with Crippen LogP contribution in [-0.2, 0) is 0 Å². The summed E-state index contributed by atoms with van der Waals surface area (Å²) in [6.45, 7) is 6.63. The van der Waals surface area contributed by atoms with Crippen molar-refractivity contribution in [3.63, 3.8) is 0 Å². The van der Waals surface area contributed by atoms with Gasteiger partial charge in [0.25, 0.3) is 13.4 Å². The molecule has 8 heteroatoms. The summed E-state index contributed by atoms with van der Waals surface area (Å²) in [5.41, 5.74) is 21.9. The zero-order valence-electron chi connectivity index (χ0n) is 43.8. The van der Waals surface area contributed by atoms with E-state index in [1.165, 1.54) is 27.3 Å². The molecule has 0 radical (unpaired) electrons. The quantitative estimate of drug-likeness (QED) is 0.155. The molecule has 11 aromatic carbocycles. The standard InChI is InChI=1S/C71H49B2N3O3/c1-42(2)43(3)74-55-34-17-13-28-49(55)65-58(74)40-59-67-70(65)78-62-36-19-15-32-51(62)72(67)53-38-54-57(39-56(53)75(59)46-26-11-6-12-27-46)76(69-47(44-22-7-4-8-23-44)30-21-31-48(69)45-24-9-5-10-25-45)60-41-64-66(50-29-14-18-35-61(50)77-64)71-68(60)73(54)52-33-16-20-37-63(52)79-71/h4-43H,1-3H3. The number of benzene rings is 11. The van der Waals surface area contributed by atoms with E-state index in [0.29, 0.717) is 5.92 Å². The lowest BCUT2D eigenvalue weighted by Gasteiger charge is -2.45. The van der Waals surface area contributed by atoms with Crippen molar-refractivity contribution in [2.45, 2.75) is 26.8 Å². The van der Waals surface area contributed by atoms with Gasteiger partial charge in [-0.25, -0.2) is 0 Å². The van der Waals surface area contributed by atoms with E-state index in [-0.39, 0.29) is 19.5 Å². The summed E-state index contributed by atoms with van der Waals surface area (Å²) < 4.78 is 24.4. The molecule has 0 saturated heterocycles. The Morgan fingerprint density at radius 1 is 0.392 bits per heavy atom. The molecule has 79 heavy (non-hydrogen) atoms. The molecule has 0 bridgehead atoms. The van der Waals surface area contributed by atoms with E-state index < -0.39 is 0 Å². The number of rotatable bonds is 6. The van der Waals surface area contributed by atoms with E-state index in [2.05, 4.69) is 266 Å². The molecule has 0 fully saturated rings. The van der Waals surface area contributed by atoms with Crippen LogP contribution in [0.25, 0.3) is 66.0 Å². The van der Waals surface area contributed by atoms with Gasteiger partial charge >= 0.3 is 0 Å². The molecule has 4 aliphatic heterocycles. The first-order chi connectivity index (χ1) is 39.0. The third kappa shape index (κ3) is 6.20. The molecule has 4 aliphatic rings. The summed E-state index contributed by atoms with van der Waals surface area (Å²) in [5, 5.41) is 4.37. The second kappa shape index (κ2) is 16.7. The number of fused-ring (bicyclic) bond motifs is 16. The van der Waals surface area contributed by atoms with E-state index in [4.69, 9.17) is 13.9 Å². The number of nitrogens with zero attached hydrogens (tertiary/aromatic N) is 3. The highest BCUT2D eigenvalue weighted by atomic mass is 16.5. The molecule has 6 nitrogen and oxygen atoms in total. The van der Waals surface area contributed by atoms with Crippen molar-refractivity contribution >= 4 is 124 Å². The lowest BCUT2D eigenvalue weighted by Crippen LogP contribution is -2.63. The Kier molecular flexibility index (Phi) is 9.39. The number of ether oxygens (including phenoxy) is 2. The molecule has 0 N–H and O–H groups in total. The van der Waals surface area contributed by atoms with Gasteiger partial charge in [0.15, 0.2) is 0 Å². The van der Waals surface area contributed by atoms with Crippen LogP contribution in [0, 0.1) is 5.92 Å². The van der Waals surface area contributed by atoms with Gasteiger partial charge in [0, 0.05) is 73.3 Å². The number of furan rings is 1. The van der Waals surface area contributed by atoms with Crippen LogP contribution in [0.4, 0.5) is 34.1 Å². The maximum absolute atomic E-state index is 7.45. The maximum atomic E-state index is 7.45. The molecule has 0 spiro atoms. The first-order valence-electron chi connectivity index (χ1n) is 27.7. The van der Waals surface area contributed by atoms with Crippen LogP contribution in [0.5, 0.6) is 23.0 Å². The number of hydrogen-bond donors (Lipinski definition) is 0. The van der Waals surface area contributed by atoms with Gasteiger partial charge in [-0.05, 0) is 105 Å². The number of anilines is 6. The molecule has 17 rings (SSSR count). The van der Waals surface area contributed by atoms with Crippen molar-refractivity contribution in [3.8, 4) is 45.3 Å². The van der Waals surface area contributed by atoms with E-state index in [0.717, 1.165) is 129 Å². The van der Waals surface area contributed by atoms with Crippen LogP contribution in [0.15, 0.2) is 235 Å². The molecule has 0 saturated carbocycles. The first kappa shape index (κ1) is 44.5. The zero-order valence-corrected chi connectivity index (χ0v) is 43.8. The van der Waals surface area contributed by atoms with Gasteiger partial charge in [-0.3, -0.25) is 0 Å². The minimum Gasteiger partial charge on any atom is -0.458 e. The predicted octanol–water partition coefficient (Wildman–Crippen LogP) is 15.1. The highest BCUT2D eigenvalue weighted by Crippen LogP contribution is 2.54. The highest BCUT2D eigenvalue weighted by molar-refractivity contribution is 7.02. The Morgan fingerprint density at radius 2 is 0.924 bits per heavy atom. The second-order valence-electron chi connectivity index (χ2n) is 22.1. The number of hydrogen-bond acceptors (Lipinski definition) is 5. The fourth-order valence-corrected chi connectivity index (χ4v) is 14.0. The van der Waals surface area contributed by atoms with Gasteiger partial charge in [0.2, 0.25) is 0 Å². The van der Waals surface area contributed by atoms with E-state index >= 15 is 0 Å². The molecule has 6 heterocycles. The normalized spacial score (nSPS) is 13.9. The monoisotopic (exact) mass is 1010 g/mol. The van der Waals surface area contributed by atoms with E-state index in [9.17, 15) is 0 Å². The molecule has 2 aromatic heterocycles. The van der Waals surface area contributed by atoms with Crippen LogP contribution in [0.1, 0.15) is 26.8 Å². The third-order valence-electron chi connectivity index (χ3n) is 17.6. The van der Waals surface area contributed by atoms with Gasteiger partial charge in [0.05, 0.1) is 16.6 Å². The largest absolute Gasteiger partial charge is 0.458 e. The van der Waals surface area contributed by atoms with Crippen molar-refractivity contribution < 1.29 is 13.9 Å². The van der Waals surface area contributed by atoms with E-state index in [1.54, 1.807) is 0 Å². The van der Waals surface area contributed by atoms with E-state index in [1.807, 2.05) is 0 Å². The maximum Gasteiger partial charge on any atom is 0.256 e. The second-order valence-corrected chi connectivity index (χ2v) is 22.1. The Hall–Kier alpha value is -9.65. The molecular weight excluding hydrogens is 964 g/mol.